The monoisotopic (exact) mass is 895 g/mol. The number of hydrogen-bond donors (Lipinski definition) is 1. The molecule has 0 saturated heterocycles. The van der Waals surface area contributed by atoms with E-state index in [0.29, 0.717) is 31.0 Å². The summed E-state index contributed by atoms with van der Waals surface area (Å²) < 4.78 is 22.2. The first-order valence-electron chi connectivity index (χ1n) is 24.3. The molecule has 3 aliphatic carbocycles. The SMILES string of the molecule is C=C1/C(=C/C=C2\CCC[C@]3(C)[C@@H]([C@H](C)COCC(C)(C)O)CC[C@@H]23)C[C@@H](O[Si](c2ccccc2)(c2ccccc2)C(C)(C)C)C[C@@H]1O[Si](c1ccccc1)(c1ccccc1)C(C)(C)C. The lowest BCUT2D eigenvalue weighted by Crippen LogP contribution is -2.69. The van der Waals surface area contributed by atoms with Crippen LogP contribution >= 0.6 is 0 Å². The third-order valence-corrected chi connectivity index (χ3v) is 25.4. The summed E-state index contributed by atoms with van der Waals surface area (Å²) in [4.78, 5) is 0. The van der Waals surface area contributed by atoms with E-state index in [-0.39, 0.29) is 27.7 Å². The lowest BCUT2D eigenvalue weighted by Gasteiger charge is -2.49. The fourth-order valence-electron chi connectivity index (χ4n) is 12.3. The normalized spacial score (nSPS) is 25.4. The van der Waals surface area contributed by atoms with Gasteiger partial charge in [0.1, 0.15) is 0 Å². The number of ether oxygens (including phenoxy) is 1. The van der Waals surface area contributed by atoms with E-state index in [1.807, 2.05) is 13.8 Å². The first-order chi connectivity index (χ1) is 30.3. The van der Waals surface area contributed by atoms with Gasteiger partial charge in [0.25, 0.3) is 16.6 Å². The molecule has 0 radical (unpaired) electrons. The second-order valence-corrected chi connectivity index (χ2v) is 31.0. The van der Waals surface area contributed by atoms with E-state index >= 15 is 0 Å². The molecule has 0 unspecified atom stereocenters. The van der Waals surface area contributed by atoms with E-state index in [1.165, 1.54) is 52.0 Å². The van der Waals surface area contributed by atoms with Crippen LogP contribution in [0, 0.1) is 23.2 Å². The average molecular weight is 895 g/mol. The highest BCUT2D eigenvalue weighted by molar-refractivity contribution is 7.00. The molecule has 4 aromatic rings. The van der Waals surface area contributed by atoms with E-state index in [9.17, 15) is 5.11 Å². The number of hydrogen-bond acceptors (Lipinski definition) is 4. The van der Waals surface area contributed by atoms with Gasteiger partial charge in [-0.1, -0.05) is 201 Å². The second-order valence-electron chi connectivity index (χ2n) is 22.5. The smallest absolute Gasteiger partial charge is 0.261 e. The summed E-state index contributed by atoms with van der Waals surface area (Å²) in [6, 6.07) is 44.3. The summed E-state index contributed by atoms with van der Waals surface area (Å²) in [6.45, 7) is 28.9. The van der Waals surface area contributed by atoms with Crippen molar-refractivity contribution in [2.45, 2.75) is 142 Å². The van der Waals surface area contributed by atoms with Crippen LogP contribution in [0.5, 0.6) is 0 Å². The Labute approximate surface area is 389 Å². The Morgan fingerprint density at radius 3 is 1.62 bits per heavy atom. The summed E-state index contributed by atoms with van der Waals surface area (Å²) >= 11 is 0. The van der Waals surface area contributed by atoms with Crippen molar-refractivity contribution in [3.8, 4) is 0 Å². The van der Waals surface area contributed by atoms with E-state index in [2.05, 4.69) is 189 Å². The third-order valence-electron chi connectivity index (χ3n) is 15.3. The molecule has 64 heavy (non-hydrogen) atoms. The Morgan fingerprint density at radius 2 is 1.17 bits per heavy atom. The van der Waals surface area contributed by atoms with Crippen molar-refractivity contribution in [1.29, 1.82) is 0 Å². The predicted octanol–water partition coefficient (Wildman–Crippen LogP) is 11.7. The molecule has 0 spiro atoms. The van der Waals surface area contributed by atoms with Gasteiger partial charge in [0.2, 0.25) is 0 Å². The Kier molecular flexibility index (Phi) is 14.6. The summed E-state index contributed by atoms with van der Waals surface area (Å²) in [5.74, 6) is 1.57. The second kappa shape index (κ2) is 19.3. The molecule has 4 aromatic carbocycles. The summed E-state index contributed by atoms with van der Waals surface area (Å²) in [5, 5.41) is 15.1. The van der Waals surface area contributed by atoms with E-state index in [4.69, 9.17) is 20.2 Å². The van der Waals surface area contributed by atoms with Gasteiger partial charge >= 0.3 is 0 Å². The summed E-state index contributed by atoms with van der Waals surface area (Å²) in [6.07, 6.45) is 12.1. The minimum absolute atomic E-state index is 0.0955. The van der Waals surface area contributed by atoms with Gasteiger partial charge in [-0.05, 0) is 118 Å². The van der Waals surface area contributed by atoms with Crippen molar-refractivity contribution in [1.82, 2.24) is 0 Å². The van der Waals surface area contributed by atoms with Crippen molar-refractivity contribution in [2.75, 3.05) is 13.2 Å². The zero-order valence-corrected chi connectivity index (χ0v) is 42.8. The maximum absolute atomic E-state index is 10.3. The fourth-order valence-corrected chi connectivity index (χ4v) is 21.7. The largest absolute Gasteiger partial charge is 0.404 e. The lowest BCUT2D eigenvalue weighted by molar-refractivity contribution is -0.0424. The molecule has 3 saturated carbocycles. The Morgan fingerprint density at radius 1 is 0.703 bits per heavy atom. The number of allylic oxidation sites excluding steroid dienone is 3. The summed E-state index contributed by atoms with van der Waals surface area (Å²) in [5.41, 5.74) is 3.34. The average Bonchev–Trinajstić information content (AvgIpc) is 3.62. The van der Waals surface area contributed by atoms with Crippen molar-refractivity contribution < 1.29 is 18.7 Å². The minimum atomic E-state index is -2.95. The maximum atomic E-state index is 10.3. The molecule has 0 heterocycles. The highest BCUT2D eigenvalue weighted by Crippen LogP contribution is 2.59. The molecule has 342 valence electrons. The molecule has 6 atom stereocenters. The molecule has 0 aliphatic heterocycles. The molecule has 0 bridgehead atoms. The highest BCUT2D eigenvalue weighted by atomic mass is 28.4. The van der Waals surface area contributed by atoms with Crippen LogP contribution in [0.1, 0.15) is 114 Å². The lowest BCUT2D eigenvalue weighted by atomic mass is 9.61. The van der Waals surface area contributed by atoms with Gasteiger partial charge in [-0.2, -0.15) is 0 Å². The van der Waals surface area contributed by atoms with Crippen LogP contribution in [0.2, 0.25) is 10.1 Å². The van der Waals surface area contributed by atoms with Crippen molar-refractivity contribution in [3.05, 3.63) is 157 Å². The zero-order chi connectivity index (χ0) is 46.0. The van der Waals surface area contributed by atoms with Gasteiger partial charge in [0.05, 0.1) is 24.4 Å². The van der Waals surface area contributed by atoms with Crippen LogP contribution in [0.3, 0.4) is 0 Å². The number of fused-ring (bicyclic) bond motifs is 1. The van der Waals surface area contributed by atoms with E-state index in [0.717, 1.165) is 24.8 Å². The Bertz CT molecular complexity index is 2140. The molecular weight excluding hydrogens is 817 g/mol. The Balaban J connectivity index is 1.32. The van der Waals surface area contributed by atoms with Gasteiger partial charge in [0, 0.05) is 13.0 Å². The van der Waals surface area contributed by atoms with Crippen LogP contribution in [0.25, 0.3) is 0 Å². The number of aliphatic hydroxyl groups is 1. The van der Waals surface area contributed by atoms with Crippen molar-refractivity contribution in [3.63, 3.8) is 0 Å². The molecule has 1 N–H and O–H groups in total. The molecule has 6 heteroatoms. The van der Waals surface area contributed by atoms with Crippen LogP contribution in [0.4, 0.5) is 0 Å². The molecule has 3 fully saturated rings. The fraction of sp³-hybridized carbons (Fsp3) is 0.483. The number of rotatable bonds is 14. The molecule has 3 aliphatic rings. The van der Waals surface area contributed by atoms with Crippen molar-refractivity contribution >= 4 is 37.4 Å². The van der Waals surface area contributed by atoms with Gasteiger partial charge in [-0.25, -0.2) is 0 Å². The van der Waals surface area contributed by atoms with Crippen LogP contribution in [-0.4, -0.2) is 52.8 Å². The molecule has 4 nitrogen and oxygen atoms in total. The van der Waals surface area contributed by atoms with Crippen LogP contribution in [-0.2, 0) is 13.6 Å². The van der Waals surface area contributed by atoms with Gasteiger partial charge in [-0.15, -0.1) is 0 Å². The molecular formula is C58H78O4Si2. The Hall–Kier alpha value is -3.63. The topological polar surface area (TPSA) is 47.9 Å². The molecule has 0 amide bonds. The predicted molar refractivity (Wildman–Crippen MR) is 274 cm³/mol. The van der Waals surface area contributed by atoms with Gasteiger partial charge in [0.15, 0.2) is 0 Å². The zero-order valence-electron chi connectivity index (χ0n) is 40.8. The van der Waals surface area contributed by atoms with E-state index < -0.39 is 22.2 Å². The quantitative estimate of drug-likeness (QED) is 0.128. The van der Waals surface area contributed by atoms with Gasteiger partial charge in [-0.3, -0.25) is 0 Å². The number of benzene rings is 4. The van der Waals surface area contributed by atoms with E-state index in [1.54, 1.807) is 5.57 Å². The standard InChI is InChI=1S/C58H78O4Si2/c1-43(41-60-42-57(9,10)59)52-36-37-53-45(25-24-38-58(52,53)11)34-35-46-39-47(61-63(55(3,4)5,48-26-16-12-17-27-48)49-28-18-13-19-29-49)40-54(44(46)2)62-64(56(6,7)8,50-30-20-14-21-31-50)51-32-22-15-23-33-51/h12-23,26-35,43,47,52-54,59H,2,24-25,36-42H2,1,3-11H3/b45-34+,46-35+/t43-,47-,52-,53+,54+,58-/m1/s1. The highest BCUT2D eigenvalue weighted by Gasteiger charge is 2.55. The van der Waals surface area contributed by atoms with Crippen molar-refractivity contribution in [2.24, 2.45) is 23.2 Å². The molecule has 0 aromatic heterocycles. The van der Waals surface area contributed by atoms with Crippen LogP contribution in [0.15, 0.2) is 157 Å². The van der Waals surface area contributed by atoms with Gasteiger partial charge < -0.3 is 18.7 Å². The third kappa shape index (κ3) is 9.75. The first kappa shape index (κ1) is 48.3. The maximum Gasteiger partial charge on any atom is 0.261 e. The summed E-state index contributed by atoms with van der Waals surface area (Å²) in [7, 11) is -5.86. The first-order valence-corrected chi connectivity index (χ1v) is 28.1. The van der Waals surface area contributed by atoms with Crippen LogP contribution < -0.4 is 20.7 Å². The minimum Gasteiger partial charge on any atom is -0.404 e. The molecule has 7 rings (SSSR count).